The van der Waals surface area contributed by atoms with Crippen LogP contribution in [0.5, 0.6) is 5.75 Å². The Kier molecular flexibility index (Phi) is 7.04. The molecule has 1 rings (SSSR count). The van der Waals surface area contributed by atoms with Crippen LogP contribution in [-0.4, -0.2) is 13.7 Å². The summed E-state index contributed by atoms with van der Waals surface area (Å²) in [6.07, 6.45) is 2.26. The summed E-state index contributed by atoms with van der Waals surface area (Å²) < 4.78 is 6.86. The lowest BCUT2D eigenvalue weighted by molar-refractivity contribution is 0.377. The second-order valence-corrected chi connectivity index (χ2v) is 6.74. The Morgan fingerprint density at radius 1 is 1.30 bits per heavy atom. The number of hydrogen-bond donors (Lipinski definition) is 1. The molecule has 1 unspecified atom stereocenters. The molecule has 0 aliphatic carbocycles. The molecule has 114 valence electrons. The summed E-state index contributed by atoms with van der Waals surface area (Å²) in [6, 6.07) is 2.49. The minimum absolute atomic E-state index is 0.348. The van der Waals surface area contributed by atoms with Crippen molar-refractivity contribution in [3.05, 3.63) is 27.2 Å². The Morgan fingerprint density at radius 2 is 1.95 bits per heavy atom. The quantitative estimate of drug-likeness (QED) is 0.739. The average molecular weight is 342 g/mol. The smallest absolute Gasteiger partial charge is 0.126 e. The van der Waals surface area contributed by atoms with Gasteiger partial charge < -0.3 is 10.1 Å². The van der Waals surface area contributed by atoms with Gasteiger partial charge in [-0.3, -0.25) is 0 Å². The summed E-state index contributed by atoms with van der Waals surface area (Å²) in [6.45, 7) is 12.1. The molecule has 1 aromatic rings. The highest BCUT2D eigenvalue weighted by atomic mass is 79.9. The maximum atomic E-state index is 5.69. The van der Waals surface area contributed by atoms with Crippen LogP contribution in [0.2, 0.25) is 0 Å². The first kappa shape index (κ1) is 17.5. The number of hydrogen-bond acceptors (Lipinski definition) is 2. The van der Waals surface area contributed by atoms with Crippen molar-refractivity contribution in [1.29, 1.82) is 0 Å². The van der Waals surface area contributed by atoms with Gasteiger partial charge in [-0.15, -0.1) is 0 Å². The summed E-state index contributed by atoms with van der Waals surface area (Å²) >= 11 is 3.68. The molecule has 0 radical (unpaired) electrons. The lowest BCUT2D eigenvalue weighted by Gasteiger charge is -2.26. The Hall–Kier alpha value is -0.540. The predicted octanol–water partition coefficient (Wildman–Crippen LogP) is 5.16. The van der Waals surface area contributed by atoms with Gasteiger partial charge in [0, 0.05) is 16.1 Å². The Balaban J connectivity index is 3.29. The van der Waals surface area contributed by atoms with Crippen molar-refractivity contribution in [2.45, 2.75) is 53.5 Å². The highest BCUT2D eigenvalue weighted by Gasteiger charge is 2.22. The van der Waals surface area contributed by atoms with E-state index >= 15 is 0 Å². The minimum Gasteiger partial charge on any atom is -0.496 e. The largest absolute Gasteiger partial charge is 0.496 e. The highest BCUT2D eigenvalue weighted by Crippen LogP contribution is 2.38. The first-order chi connectivity index (χ1) is 9.42. The van der Waals surface area contributed by atoms with Crippen LogP contribution in [0.15, 0.2) is 10.5 Å². The van der Waals surface area contributed by atoms with Gasteiger partial charge in [-0.2, -0.15) is 0 Å². The van der Waals surface area contributed by atoms with Gasteiger partial charge in [-0.25, -0.2) is 0 Å². The minimum atomic E-state index is 0.348. The fourth-order valence-corrected chi connectivity index (χ4v) is 3.22. The van der Waals surface area contributed by atoms with E-state index in [2.05, 4.69) is 61.9 Å². The molecule has 1 aromatic carbocycles. The molecule has 20 heavy (non-hydrogen) atoms. The third kappa shape index (κ3) is 4.23. The molecule has 0 aromatic heterocycles. The first-order valence-corrected chi connectivity index (χ1v) is 8.28. The number of nitrogens with one attached hydrogen (secondary N) is 1. The molecule has 0 heterocycles. The Labute approximate surface area is 132 Å². The van der Waals surface area contributed by atoms with E-state index in [1.807, 2.05) is 0 Å². The third-order valence-electron chi connectivity index (χ3n) is 3.61. The molecule has 0 spiro atoms. The van der Waals surface area contributed by atoms with Crippen molar-refractivity contribution in [3.8, 4) is 5.75 Å². The van der Waals surface area contributed by atoms with Crippen molar-refractivity contribution in [2.75, 3.05) is 13.7 Å². The van der Waals surface area contributed by atoms with Gasteiger partial charge in [0.15, 0.2) is 0 Å². The second kappa shape index (κ2) is 8.04. The SMILES string of the molecule is CCCNC(CC(C)C)c1c(C)c(Br)cc(C)c1OC. The number of rotatable bonds is 7. The number of aryl methyl sites for hydroxylation is 1. The summed E-state index contributed by atoms with van der Waals surface area (Å²) in [4.78, 5) is 0. The number of benzene rings is 1. The number of methoxy groups -OCH3 is 1. The van der Waals surface area contributed by atoms with E-state index in [0.717, 1.165) is 29.6 Å². The van der Waals surface area contributed by atoms with Crippen LogP contribution in [0.4, 0.5) is 0 Å². The van der Waals surface area contributed by atoms with E-state index in [4.69, 9.17) is 4.74 Å². The molecule has 0 amide bonds. The predicted molar refractivity (Wildman–Crippen MR) is 90.7 cm³/mol. The summed E-state index contributed by atoms with van der Waals surface area (Å²) in [5, 5.41) is 3.69. The van der Waals surface area contributed by atoms with Crippen molar-refractivity contribution in [1.82, 2.24) is 5.32 Å². The van der Waals surface area contributed by atoms with Crippen LogP contribution < -0.4 is 10.1 Å². The summed E-state index contributed by atoms with van der Waals surface area (Å²) in [5.41, 5.74) is 3.77. The maximum Gasteiger partial charge on any atom is 0.126 e. The van der Waals surface area contributed by atoms with Gasteiger partial charge in [0.25, 0.3) is 0 Å². The van der Waals surface area contributed by atoms with Gasteiger partial charge >= 0.3 is 0 Å². The normalized spacial score (nSPS) is 12.8. The van der Waals surface area contributed by atoms with Crippen molar-refractivity contribution >= 4 is 15.9 Å². The standard InChI is InChI=1S/C17H28BrNO/c1-7-8-19-15(9-11(2)3)16-13(5)14(18)10-12(4)17(16)20-6/h10-11,15,19H,7-9H2,1-6H3. The molecule has 0 aliphatic heterocycles. The molecule has 1 atom stereocenters. The molecular formula is C17H28BrNO. The zero-order valence-corrected chi connectivity index (χ0v) is 15.2. The molecule has 0 bridgehead atoms. The van der Waals surface area contributed by atoms with E-state index < -0.39 is 0 Å². The van der Waals surface area contributed by atoms with E-state index in [0.29, 0.717) is 12.0 Å². The van der Waals surface area contributed by atoms with Crippen LogP contribution in [0, 0.1) is 19.8 Å². The monoisotopic (exact) mass is 341 g/mol. The summed E-state index contributed by atoms with van der Waals surface area (Å²) in [7, 11) is 1.77. The van der Waals surface area contributed by atoms with Crippen molar-refractivity contribution in [2.24, 2.45) is 5.92 Å². The van der Waals surface area contributed by atoms with Crippen molar-refractivity contribution in [3.63, 3.8) is 0 Å². The molecule has 2 nitrogen and oxygen atoms in total. The van der Waals surface area contributed by atoms with Crippen LogP contribution in [0.3, 0.4) is 0 Å². The van der Waals surface area contributed by atoms with Gasteiger partial charge in [0.2, 0.25) is 0 Å². The average Bonchev–Trinajstić information content (AvgIpc) is 2.38. The van der Waals surface area contributed by atoms with E-state index in [-0.39, 0.29) is 0 Å². The van der Waals surface area contributed by atoms with Gasteiger partial charge in [0.1, 0.15) is 5.75 Å². The van der Waals surface area contributed by atoms with Gasteiger partial charge in [-0.05, 0) is 56.3 Å². The third-order valence-corrected chi connectivity index (χ3v) is 4.43. The fourth-order valence-electron chi connectivity index (χ4n) is 2.66. The summed E-state index contributed by atoms with van der Waals surface area (Å²) in [5.74, 6) is 1.67. The van der Waals surface area contributed by atoms with Gasteiger partial charge in [-0.1, -0.05) is 36.7 Å². The lowest BCUT2D eigenvalue weighted by Crippen LogP contribution is -2.25. The van der Waals surface area contributed by atoms with E-state index in [9.17, 15) is 0 Å². The molecule has 0 saturated heterocycles. The zero-order valence-electron chi connectivity index (χ0n) is 13.6. The fraction of sp³-hybridized carbons (Fsp3) is 0.647. The lowest BCUT2D eigenvalue weighted by atomic mass is 9.91. The molecule has 0 aliphatic rings. The zero-order chi connectivity index (χ0) is 15.3. The molecule has 0 fully saturated rings. The molecule has 0 saturated carbocycles. The van der Waals surface area contributed by atoms with Crippen LogP contribution in [-0.2, 0) is 0 Å². The van der Waals surface area contributed by atoms with E-state index in [1.54, 1.807) is 7.11 Å². The maximum absolute atomic E-state index is 5.69. The van der Waals surface area contributed by atoms with E-state index in [1.165, 1.54) is 16.7 Å². The molecular weight excluding hydrogens is 314 g/mol. The van der Waals surface area contributed by atoms with Crippen LogP contribution >= 0.6 is 15.9 Å². The van der Waals surface area contributed by atoms with Crippen molar-refractivity contribution < 1.29 is 4.74 Å². The van der Waals surface area contributed by atoms with Gasteiger partial charge in [0.05, 0.1) is 7.11 Å². The molecule has 3 heteroatoms. The highest BCUT2D eigenvalue weighted by molar-refractivity contribution is 9.10. The van der Waals surface area contributed by atoms with Crippen LogP contribution in [0.1, 0.15) is 56.3 Å². The second-order valence-electron chi connectivity index (χ2n) is 5.88. The number of ether oxygens (including phenoxy) is 1. The van der Waals surface area contributed by atoms with Crippen LogP contribution in [0.25, 0.3) is 0 Å². The topological polar surface area (TPSA) is 21.3 Å². The Bertz CT molecular complexity index is 443. The number of halogens is 1. The first-order valence-electron chi connectivity index (χ1n) is 7.49. The Morgan fingerprint density at radius 3 is 2.45 bits per heavy atom. The molecule has 1 N–H and O–H groups in total.